The Morgan fingerprint density at radius 1 is 1.29 bits per heavy atom. The Labute approximate surface area is 82.2 Å². The molecule has 5 heteroatoms. The van der Waals surface area contributed by atoms with E-state index in [0.29, 0.717) is 25.9 Å². The minimum absolute atomic E-state index is 0.518. The maximum Gasteiger partial charge on any atom is 0.404 e. The number of hydrogen-bond acceptors (Lipinski definition) is 2. The first-order valence-corrected chi connectivity index (χ1v) is 4.76. The molecule has 0 aromatic heterocycles. The summed E-state index contributed by atoms with van der Waals surface area (Å²) in [6.07, 6.45) is -3.24. The van der Waals surface area contributed by atoms with E-state index in [1.165, 1.54) is 0 Å². The molecular weight excluding hydrogens is 193 g/mol. The van der Waals surface area contributed by atoms with Gasteiger partial charge in [0.05, 0.1) is 0 Å². The van der Waals surface area contributed by atoms with Crippen molar-refractivity contribution in [2.24, 2.45) is 11.1 Å². The Kier molecular flexibility index (Phi) is 3.11. The third kappa shape index (κ3) is 2.39. The van der Waals surface area contributed by atoms with Crippen LogP contribution in [-0.2, 0) is 0 Å². The van der Waals surface area contributed by atoms with Crippen LogP contribution < -0.4 is 5.73 Å². The molecule has 84 valence electrons. The molecule has 1 atom stereocenters. The molecule has 0 amide bonds. The van der Waals surface area contributed by atoms with Crippen LogP contribution in [0.1, 0.15) is 19.8 Å². The summed E-state index contributed by atoms with van der Waals surface area (Å²) in [4.78, 5) is 2.03. The van der Waals surface area contributed by atoms with Gasteiger partial charge in [-0.1, -0.05) is 6.92 Å². The van der Waals surface area contributed by atoms with Gasteiger partial charge >= 0.3 is 6.18 Å². The molecule has 0 aromatic rings. The van der Waals surface area contributed by atoms with Crippen molar-refractivity contribution in [3.63, 3.8) is 0 Å². The van der Waals surface area contributed by atoms with E-state index in [2.05, 4.69) is 0 Å². The normalized spacial score (nSPS) is 26.1. The largest absolute Gasteiger partial charge is 0.404 e. The van der Waals surface area contributed by atoms with E-state index in [4.69, 9.17) is 5.73 Å². The fraction of sp³-hybridized carbons (Fsp3) is 1.00. The summed E-state index contributed by atoms with van der Waals surface area (Å²) in [5.41, 5.74) is 4.47. The van der Waals surface area contributed by atoms with E-state index in [1.54, 1.807) is 6.92 Å². The first-order valence-electron chi connectivity index (χ1n) is 4.76. The number of nitrogens with two attached hydrogens (primary N) is 1. The smallest absolute Gasteiger partial charge is 0.320 e. The van der Waals surface area contributed by atoms with Gasteiger partial charge in [0.25, 0.3) is 0 Å². The molecule has 0 spiro atoms. The van der Waals surface area contributed by atoms with Gasteiger partial charge in [0.15, 0.2) is 0 Å². The predicted octanol–water partition coefficient (Wildman–Crippen LogP) is 1.61. The summed E-state index contributed by atoms with van der Waals surface area (Å²) >= 11 is 0. The summed E-state index contributed by atoms with van der Waals surface area (Å²) in [5.74, 6) is 0. The Morgan fingerprint density at radius 3 is 2.07 bits per heavy atom. The predicted molar refractivity (Wildman–Crippen MR) is 48.9 cm³/mol. The third-order valence-corrected chi connectivity index (χ3v) is 3.23. The van der Waals surface area contributed by atoms with Crippen LogP contribution in [0.4, 0.5) is 13.2 Å². The molecule has 0 bridgehead atoms. The van der Waals surface area contributed by atoms with Crippen molar-refractivity contribution >= 4 is 0 Å². The van der Waals surface area contributed by atoms with Gasteiger partial charge in [-0.2, -0.15) is 13.2 Å². The molecule has 2 N–H and O–H groups in total. The third-order valence-electron chi connectivity index (χ3n) is 3.23. The second-order valence-electron chi connectivity index (χ2n) is 4.48. The highest BCUT2D eigenvalue weighted by Crippen LogP contribution is 2.39. The lowest BCUT2D eigenvalue weighted by atomic mass is 9.74. The Balaban J connectivity index is 2.66. The van der Waals surface area contributed by atoms with Crippen LogP contribution in [0.3, 0.4) is 0 Å². The highest BCUT2D eigenvalue weighted by atomic mass is 19.4. The van der Waals surface area contributed by atoms with Gasteiger partial charge in [-0.05, 0) is 38.4 Å². The molecule has 1 aliphatic rings. The lowest BCUT2D eigenvalue weighted by Crippen LogP contribution is -2.54. The molecule has 1 unspecified atom stereocenters. The molecule has 2 nitrogen and oxygen atoms in total. The lowest BCUT2D eigenvalue weighted by Gasteiger charge is -2.42. The molecule has 1 rings (SSSR count). The van der Waals surface area contributed by atoms with Crippen molar-refractivity contribution in [1.82, 2.24) is 4.90 Å². The fourth-order valence-electron chi connectivity index (χ4n) is 1.84. The molecule has 1 aliphatic heterocycles. The highest BCUT2D eigenvalue weighted by molar-refractivity contribution is 4.93. The zero-order valence-corrected chi connectivity index (χ0v) is 8.56. The molecule has 0 aliphatic carbocycles. The Hall–Kier alpha value is -0.290. The van der Waals surface area contributed by atoms with E-state index in [9.17, 15) is 13.2 Å². The van der Waals surface area contributed by atoms with Crippen molar-refractivity contribution in [2.45, 2.75) is 32.0 Å². The summed E-state index contributed by atoms with van der Waals surface area (Å²) in [6.45, 7) is 3.03. The van der Waals surface area contributed by atoms with Gasteiger partial charge in [0.1, 0.15) is 6.04 Å². The van der Waals surface area contributed by atoms with Gasteiger partial charge in [-0.15, -0.1) is 0 Å². The average molecular weight is 210 g/mol. The molecule has 0 aromatic carbocycles. The van der Waals surface area contributed by atoms with Crippen LogP contribution in [-0.4, -0.2) is 37.3 Å². The summed E-state index contributed by atoms with van der Waals surface area (Å²) in [7, 11) is 1.92. The van der Waals surface area contributed by atoms with E-state index >= 15 is 0 Å². The fourth-order valence-corrected chi connectivity index (χ4v) is 1.84. The minimum atomic E-state index is -4.27. The Bertz CT molecular complexity index is 195. The SMILES string of the molecule is CN1CCC(C)(C(N)C(F)(F)F)CC1. The van der Waals surface area contributed by atoms with E-state index in [1.807, 2.05) is 11.9 Å². The van der Waals surface area contributed by atoms with E-state index < -0.39 is 17.6 Å². The second kappa shape index (κ2) is 3.70. The molecule has 1 fully saturated rings. The first-order chi connectivity index (χ1) is 6.26. The number of nitrogens with zero attached hydrogens (tertiary/aromatic N) is 1. The monoisotopic (exact) mass is 210 g/mol. The zero-order valence-electron chi connectivity index (χ0n) is 8.56. The number of likely N-dealkylation sites (tertiary alicyclic amines) is 1. The number of halogens is 3. The topological polar surface area (TPSA) is 29.3 Å². The van der Waals surface area contributed by atoms with Crippen LogP contribution >= 0.6 is 0 Å². The number of rotatable bonds is 1. The van der Waals surface area contributed by atoms with Gasteiger partial charge < -0.3 is 10.6 Å². The van der Waals surface area contributed by atoms with Crippen LogP contribution in [0, 0.1) is 5.41 Å². The van der Waals surface area contributed by atoms with Crippen molar-refractivity contribution in [3.05, 3.63) is 0 Å². The summed E-state index contributed by atoms with van der Waals surface area (Å²) in [6, 6.07) is -1.69. The summed E-state index contributed by atoms with van der Waals surface area (Å²) in [5, 5.41) is 0. The maximum absolute atomic E-state index is 12.4. The highest BCUT2D eigenvalue weighted by Gasteiger charge is 2.49. The van der Waals surface area contributed by atoms with Gasteiger partial charge in [-0.3, -0.25) is 0 Å². The molecule has 1 heterocycles. The number of hydrogen-bond donors (Lipinski definition) is 1. The maximum atomic E-state index is 12.4. The lowest BCUT2D eigenvalue weighted by molar-refractivity contribution is -0.177. The van der Waals surface area contributed by atoms with Crippen molar-refractivity contribution in [2.75, 3.05) is 20.1 Å². The van der Waals surface area contributed by atoms with Crippen LogP contribution in [0.2, 0.25) is 0 Å². The van der Waals surface area contributed by atoms with Crippen molar-refractivity contribution in [3.8, 4) is 0 Å². The molecule has 1 saturated heterocycles. The van der Waals surface area contributed by atoms with Crippen LogP contribution in [0.15, 0.2) is 0 Å². The van der Waals surface area contributed by atoms with Gasteiger partial charge in [0, 0.05) is 0 Å². The molecule has 14 heavy (non-hydrogen) atoms. The molecular formula is C9H17F3N2. The van der Waals surface area contributed by atoms with Crippen molar-refractivity contribution in [1.29, 1.82) is 0 Å². The summed E-state index contributed by atoms with van der Waals surface area (Å²) < 4.78 is 37.3. The first kappa shape index (κ1) is 11.8. The van der Waals surface area contributed by atoms with Gasteiger partial charge in [-0.25, -0.2) is 0 Å². The average Bonchev–Trinajstić information content (AvgIpc) is 2.08. The molecule has 0 saturated carbocycles. The minimum Gasteiger partial charge on any atom is -0.320 e. The Morgan fingerprint density at radius 2 is 1.71 bits per heavy atom. The second-order valence-corrected chi connectivity index (χ2v) is 4.48. The van der Waals surface area contributed by atoms with E-state index in [0.717, 1.165) is 0 Å². The number of piperidine rings is 1. The zero-order chi connectivity index (χ0) is 11.0. The van der Waals surface area contributed by atoms with Crippen molar-refractivity contribution < 1.29 is 13.2 Å². The van der Waals surface area contributed by atoms with Crippen LogP contribution in [0.5, 0.6) is 0 Å². The van der Waals surface area contributed by atoms with Gasteiger partial charge in [0.2, 0.25) is 0 Å². The van der Waals surface area contributed by atoms with E-state index in [-0.39, 0.29) is 0 Å². The standard InChI is InChI=1S/C9H17F3N2/c1-8(7(13)9(10,11)12)3-5-14(2)6-4-8/h7H,3-6,13H2,1-2H3. The molecule has 0 radical (unpaired) electrons. The number of alkyl halides is 3. The quantitative estimate of drug-likeness (QED) is 0.712. The van der Waals surface area contributed by atoms with Crippen LogP contribution in [0.25, 0.3) is 0 Å².